The number of rotatable bonds is 6. The third-order valence-corrected chi connectivity index (χ3v) is 5.07. The molecule has 0 spiro atoms. The minimum absolute atomic E-state index is 0.0709. The normalized spacial score (nSPS) is 11.1. The lowest BCUT2D eigenvalue weighted by Gasteiger charge is -2.30. The average Bonchev–Trinajstić information content (AvgIpc) is 2.45. The SMILES string of the molecule is CCC(CBr)(CBr)NC(=O)c1ccc(OC)cc1. The van der Waals surface area contributed by atoms with Gasteiger partial charge in [0.1, 0.15) is 5.75 Å². The molecule has 18 heavy (non-hydrogen) atoms. The Hall–Kier alpha value is -0.550. The Morgan fingerprint density at radius 1 is 1.28 bits per heavy atom. The van der Waals surface area contributed by atoms with Crippen LogP contribution in [0.1, 0.15) is 23.7 Å². The van der Waals surface area contributed by atoms with Crippen molar-refractivity contribution in [3.63, 3.8) is 0 Å². The van der Waals surface area contributed by atoms with Crippen LogP contribution in [0, 0.1) is 0 Å². The Kier molecular flexibility index (Phi) is 6.15. The number of methoxy groups -OCH3 is 1. The largest absolute Gasteiger partial charge is 0.497 e. The van der Waals surface area contributed by atoms with E-state index in [-0.39, 0.29) is 11.4 Å². The standard InChI is InChI=1S/C13H17Br2NO2/c1-3-13(8-14,9-15)16-12(17)10-4-6-11(18-2)7-5-10/h4-7H,3,8-9H2,1-2H3,(H,16,17). The molecule has 0 aromatic heterocycles. The lowest BCUT2D eigenvalue weighted by molar-refractivity contribution is 0.0915. The van der Waals surface area contributed by atoms with Gasteiger partial charge in [0.05, 0.1) is 12.6 Å². The van der Waals surface area contributed by atoms with E-state index in [0.717, 1.165) is 12.2 Å². The molecule has 0 unspecified atom stereocenters. The van der Waals surface area contributed by atoms with Crippen LogP contribution in [-0.2, 0) is 0 Å². The smallest absolute Gasteiger partial charge is 0.251 e. The first kappa shape index (κ1) is 15.5. The fourth-order valence-electron chi connectivity index (χ4n) is 1.44. The third-order valence-electron chi connectivity index (χ3n) is 2.92. The second-order valence-electron chi connectivity index (χ2n) is 4.08. The Labute approximate surface area is 125 Å². The molecule has 1 amide bonds. The minimum Gasteiger partial charge on any atom is -0.497 e. The highest BCUT2D eigenvalue weighted by atomic mass is 79.9. The van der Waals surface area contributed by atoms with Gasteiger partial charge in [-0.3, -0.25) is 4.79 Å². The van der Waals surface area contributed by atoms with Crippen molar-refractivity contribution in [3.8, 4) is 5.75 Å². The maximum absolute atomic E-state index is 12.1. The van der Waals surface area contributed by atoms with E-state index in [9.17, 15) is 4.79 Å². The van der Waals surface area contributed by atoms with Gasteiger partial charge in [0.15, 0.2) is 0 Å². The summed E-state index contributed by atoms with van der Waals surface area (Å²) in [5.41, 5.74) is 0.382. The summed E-state index contributed by atoms with van der Waals surface area (Å²) in [6.45, 7) is 2.05. The zero-order valence-electron chi connectivity index (χ0n) is 10.5. The van der Waals surface area contributed by atoms with Gasteiger partial charge in [-0.2, -0.15) is 0 Å². The van der Waals surface area contributed by atoms with Gasteiger partial charge in [-0.05, 0) is 30.7 Å². The summed E-state index contributed by atoms with van der Waals surface area (Å²) < 4.78 is 5.07. The molecule has 0 aliphatic carbocycles. The molecule has 0 aliphatic heterocycles. The number of nitrogens with one attached hydrogen (secondary N) is 1. The number of hydrogen-bond acceptors (Lipinski definition) is 2. The topological polar surface area (TPSA) is 38.3 Å². The predicted molar refractivity (Wildman–Crippen MR) is 81.1 cm³/mol. The van der Waals surface area contributed by atoms with Gasteiger partial charge >= 0.3 is 0 Å². The Bertz CT molecular complexity index is 380. The molecule has 0 fully saturated rings. The van der Waals surface area contributed by atoms with Crippen molar-refractivity contribution >= 4 is 37.8 Å². The summed E-state index contributed by atoms with van der Waals surface area (Å²) in [7, 11) is 1.60. The molecule has 1 aromatic carbocycles. The summed E-state index contributed by atoms with van der Waals surface area (Å²) in [6.07, 6.45) is 0.853. The van der Waals surface area contributed by atoms with E-state index in [4.69, 9.17) is 4.74 Å². The van der Waals surface area contributed by atoms with Crippen LogP contribution in [0.2, 0.25) is 0 Å². The highest BCUT2D eigenvalue weighted by Crippen LogP contribution is 2.18. The molecule has 5 heteroatoms. The average molecular weight is 379 g/mol. The third kappa shape index (κ3) is 3.72. The molecule has 0 bridgehead atoms. The van der Waals surface area contributed by atoms with Gasteiger partial charge in [0, 0.05) is 16.2 Å². The van der Waals surface area contributed by atoms with Gasteiger partial charge in [-0.1, -0.05) is 38.8 Å². The van der Waals surface area contributed by atoms with E-state index in [1.165, 1.54) is 0 Å². The fourth-order valence-corrected chi connectivity index (χ4v) is 3.44. The molecule has 1 N–H and O–H groups in total. The van der Waals surface area contributed by atoms with E-state index < -0.39 is 0 Å². The number of carbonyl (C=O) groups is 1. The van der Waals surface area contributed by atoms with E-state index in [2.05, 4.69) is 44.1 Å². The Balaban J connectivity index is 2.80. The van der Waals surface area contributed by atoms with Crippen LogP contribution in [0.5, 0.6) is 5.75 Å². The summed E-state index contributed by atoms with van der Waals surface area (Å²) in [4.78, 5) is 12.1. The number of amides is 1. The van der Waals surface area contributed by atoms with E-state index in [1.807, 2.05) is 0 Å². The van der Waals surface area contributed by atoms with Crippen molar-refractivity contribution in [1.29, 1.82) is 0 Å². The van der Waals surface area contributed by atoms with E-state index in [1.54, 1.807) is 31.4 Å². The van der Waals surface area contributed by atoms with Crippen molar-refractivity contribution < 1.29 is 9.53 Å². The lowest BCUT2D eigenvalue weighted by atomic mass is 10.0. The van der Waals surface area contributed by atoms with Gasteiger partial charge < -0.3 is 10.1 Å². The van der Waals surface area contributed by atoms with Crippen molar-refractivity contribution in [2.75, 3.05) is 17.8 Å². The zero-order valence-corrected chi connectivity index (χ0v) is 13.7. The number of hydrogen-bond donors (Lipinski definition) is 1. The minimum atomic E-state index is -0.253. The van der Waals surface area contributed by atoms with Crippen molar-refractivity contribution in [3.05, 3.63) is 29.8 Å². The molecule has 100 valence electrons. The van der Waals surface area contributed by atoms with Crippen LogP contribution in [-0.4, -0.2) is 29.2 Å². The molecule has 1 aromatic rings. The predicted octanol–water partition coefficient (Wildman–Crippen LogP) is 3.36. The quantitative estimate of drug-likeness (QED) is 0.770. The summed E-state index contributed by atoms with van der Waals surface area (Å²) >= 11 is 6.91. The first-order valence-electron chi connectivity index (χ1n) is 5.69. The fraction of sp³-hybridized carbons (Fsp3) is 0.462. The van der Waals surface area contributed by atoms with Crippen LogP contribution >= 0.6 is 31.9 Å². The molecule has 0 radical (unpaired) electrons. The van der Waals surface area contributed by atoms with Crippen LogP contribution in [0.4, 0.5) is 0 Å². The maximum atomic E-state index is 12.1. The highest BCUT2D eigenvalue weighted by molar-refractivity contribution is 9.09. The molecule has 0 saturated heterocycles. The molecular formula is C13H17Br2NO2. The Morgan fingerprint density at radius 2 is 1.83 bits per heavy atom. The first-order valence-corrected chi connectivity index (χ1v) is 7.93. The summed E-state index contributed by atoms with van der Waals surface area (Å²) in [5.74, 6) is 0.674. The lowest BCUT2D eigenvalue weighted by Crippen LogP contribution is -2.51. The maximum Gasteiger partial charge on any atom is 0.251 e. The van der Waals surface area contributed by atoms with Crippen molar-refractivity contribution in [1.82, 2.24) is 5.32 Å². The molecule has 0 heterocycles. The molecule has 0 atom stereocenters. The van der Waals surface area contributed by atoms with Crippen molar-refractivity contribution in [2.24, 2.45) is 0 Å². The molecule has 0 saturated carbocycles. The number of halogens is 2. The summed E-state index contributed by atoms with van der Waals surface area (Å²) in [5, 5.41) is 4.48. The summed E-state index contributed by atoms with van der Waals surface area (Å²) in [6, 6.07) is 7.09. The molecule has 1 rings (SSSR count). The second kappa shape index (κ2) is 7.14. The highest BCUT2D eigenvalue weighted by Gasteiger charge is 2.27. The monoisotopic (exact) mass is 377 g/mol. The molecule has 0 aliphatic rings. The van der Waals surface area contributed by atoms with Crippen LogP contribution < -0.4 is 10.1 Å². The van der Waals surface area contributed by atoms with Gasteiger partial charge in [-0.25, -0.2) is 0 Å². The second-order valence-corrected chi connectivity index (χ2v) is 5.21. The van der Waals surface area contributed by atoms with Gasteiger partial charge in [0.25, 0.3) is 5.91 Å². The molecular weight excluding hydrogens is 362 g/mol. The number of ether oxygens (including phenoxy) is 1. The number of carbonyl (C=O) groups excluding carboxylic acids is 1. The van der Waals surface area contributed by atoms with Crippen LogP contribution in [0.3, 0.4) is 0 Å². The van der Waals surface area contributed by atoms with E-state index in [0.29, 0.717) is 16.2 Å². The zero-order chi connectivity index (χ0) is 13.6. The number of alkyl halides is 2. The molecule has 3 nitrogen and oxygen atoms in total. The van der Waals surface area contributed by atoms with Crippen LogP contribution in [0.25, 0.3) is 0 Å². The van der Waals surface area contributed by atoms with Gasteiger partial charge in [0.2, 0.25) is 0 Å². The van der Waals surface area contributed by atoms with E-state index >= 15 is 0 Å². The van der Waals surface area contributed by atoms with Crippen molar-refractivity contribution in [2.45, 2.75) is 18.9 Å². The first-order chi connectivity index (χ1) is 8.60. The Morgan fingerprint density at radius 3 is 2.22 bits per heavy atom. The van der Waals surface area contributed by atoms with Gasteiger partial charge in [-0.15, -0.1) is 0 Å². The number of benzene rings is 1. The van der Waals surface area contributed by atoms with Crippen LogP contribution in [0.15, 0.2) is 24.3 Å².